The Labute approximate surface area is 119 Å². The standard InChI is InChI=1S/C16H19N3O/c1-3-17-15-10-5-4-9-14(15)16(20)19(2)12-13-8-6-7-11-18-13/h4-11,17H,3,12H2,1-2H3. The molecule has 4 heteroatoms. The molecule has 1 aromatic heterocycles. The Balaban J connectivity index is 2.14. The van der Waals surface area contributed by atoms with Gasteiger partial charge in [0.1, 0.15) is 0 Å². The smallest absolute Gasteiger partial charge is 0.256 e. The van der Waals surface area contributed by atoms with Crippen molar-refractivity contribution in [2.24, 2.45) is 0 Å². The molecule has 1 aromatic carbocycles. The number of hydrogen-bond acceptors (Lipinski definition) is 3. The van der Waals surface area contributed by atoms with Crippen molar-refractivity contribution in [3.05, 3.63) is 59.9 Å². The van der Waals surface area contributed by atoms with Gasteiger partial charge in [-0.2, -0.15) is 0 Å². The fraction of sp³-hybridized carbons (Fsp3) is 0.250. The van der Waals surface area contributed by atoms with Crippen LogP contribution in [0.15, 0.2) is 48.7 Å². The molecule has 1 amide bonds. The van der Waals surface area contributed by atoms with Crippen LogP contribution in [-0.2, 0) is 6.54 Å². The molecule has 0 radical (unpaired) electrons. The molecule has 0 fully saturated rings. The van der Waals surface area contributed by atoms with Gasteiger partial charge in [0.2, 0.25) is 0 Å². The van der Waals surface area contributed by atoms with Crippen LogP contribution >= 0.6 is 0 Å². The molecule has 2 rings (SSSR count). The Hall–Kier alpha value is -2.36. The molecule has 20 heavy (non-hydrogen) atoms. The number of aromatic nitrogens is 1. The van der Waals surface area contributed by atoms with E-state index >= 15 is 0 Å². The van der Waals surface area contributed by atoms with Crippen LogP contribution in [-0.4, -0.2) is 29.4 Å². The summed E-state index contributed by atoms with van der Waals surface area (Å²) in [5, 5.41) is 3.21. The first-order valence-corrected chi connectivity index (χ1v) is 6.70. The van der Waals surface area contributed by atoms with Crippen molar-refractivity contribution >= 4 is 11.6 Å². The number of amides is 1. The number of pyridine rings is 1. The third-order valence-electron chi connectivity index (χ3n) is 3.00. The second-order valence-corrected chi connectivity index (χ2v) is 4.56. The molecule has 2 aromatic rings. The number of nitrogens with one attached hydrogen (secondary N) is 1. The molecule has 1 heterocycles. The molecule has 0 saturated heterocycles. The highest BCUT2D eigenvalue weighted by Crippen LogP contribution is 2.17. The third-order valence-corrected chi connectivity index (χ3v) is 3.00. The second kappa shape index (κ2) is 6.70. The van der Waals surface area contributed by atoms with Crippen LogP contribution in [0.3, 0.4) is 0 Å². The van der Waals surface area contributed by atoms with Gasteiger partial charge in [0.05, 0.1) is 17.8 Å². The summed E-state index contributed by atoms with van der Waals surface area (Å²) in [6.07, 6.45) is 1.74. The lowest BCUT2D eigenvalue weighted by molar-refractivity contribution is 0.0784. The highest BCUT2D eigenvalue weighted by molar-refractivity contribution is 5.99. The lowest BCUT2D eigenvalue weighted by Crippen LogP contribution is -2.27. The van der Waals surface area contributed by atoms with E-state index in [-0.39, 0.29) is 5.91 Å². The van der Waals surface area contributed by atoms with E-state index in [1.54, 1.807) is 18.1 Å². The zero-order valence-corrected chi connectivity index (χ0v) is 11.8. The molecule has 0 atom stereocenters. The monoisotopic (exact) mass is 269 g/mol. The fourth-order valence-corrected chi connectivity index (χ4v) is 2.03. The number of para-hydroxylation sites is 1. The molecule has 0 spiro atoms. The predicted molar refractivity (Wildman–Crippen MR) is 80.6 cm³/mol. The van der Waals surface area contributed by atoms with E-state index in [2.05, 4.69) is 10.3 Å². The van der Waals surface area contributed by atoms with Crippen LogP contribution in [0.1, 0.15) is 23.0 Å². The predicted octanol–water partition coefficient (Wildman–Crippen LogP) is 2.79. The minimum atomic E-state index is -0.00722. The van der Waals surface area contributed by atoms with Crippen LogP contribution in [0.25, 0.3) is 0 Å². The Bertz CT molecular complexity index is 569. The molecule has 0 saturated carbocycles. The highest BCUT2D eigenvalue weighted by atomic mass is 16.2. The van der Waals surface area contributed by atoms with E-state index in [1.165, 1.54) is 0 Å². The van der Waals surface area contributed by atoms with E-state index in [0.29, 0.717) is 12.1 Å². The second-order valence-electron chi connectivity index (χ2n) is 4.56. The quantitative estimate of drug-likeness (QED) is 0.907. The van der Waals surface area contributed by atoms with Gasteiger partial charge in [-0.3, -0.25) is 9.78 Å². The molecule has 0 aliphatic carbocycles. The van der Waals surface area contributed by atoms with Gasteiger partial charge in [0.15, 0.2) is 0 Å². The van der Waals surface area contributed by atoms with Crippen LogP contribution in [0, 0.1) is 0 Å². The minimum absolute atomic E-state index is 0.00722. The summed E-state index contributed by atoms with van der Waals surface area (Å²) in [6, 6.07) is 13.3. The number of anilines is 1. The van der Waals surface area contributed by atoms with Gasteiger partial charge in [0, 0.05) is 25.5 Å². The number of carbonyl (C=O) groups is 1. The Kier molecular flexibility index (Phi) is 4.71. The summed E-state index contributed by atoms with van der Waals surface area (Å²) in [7, 11) is 1.79. The van der Waals surface area contributed by atoms with Crippen molar-refractivity contribution in [2.45, 2.75) is 13.5 Å². The van der Waals surface area contributed by atoms with E-state index < -0.39 is 0 Å². The topological polar surface area (TPSA) is 45.2 Å². The van der Waals surface area contributed by atoms with Gasteiger partial charge in [0.25, 0.3) is 5.91 Å². The maximum atomic E-state index is 12.5. The molecule has 0 bridgehead atoms. The lowest BCUT2D eigenvalue weighted by atomic mass is 10.1. The van der Waals surface area contributed by atoms with E-state index in [0.717, 1.165) is 17.9 Å². The summed E-state index contributed by atoms with van der Waals surface area (Å²) >= 11 is 0. The Morgan fingerprint density at radius 1 is 1.20 bits per heavy atom. The van der Waals surface area contributed by atoms with Gasteiger partial charge in [-0.05, 0) is 31.2 Å². The minimum Gasteiger partial charge on any atom is -0.385 e. The maximum absolute atomic E-state index is 12.5. The molecule has 0 aliphatic heterocycles. The molecule has 104 valence electrons. The largest absolute Gasteiger partial charge is 0.385 e. The van der Waals surface area contributed by atoms with Gasteiger partial charge in [-0.1, -0.05) is 18.2 Å². The Morgan fingerprint density at radius 2 is 1.95 bits per heavy atom. The molecule has 1 N–H and O–H groups in total. The number of carbonyl (C=O) groups excluding carboxylic acids is 1. The SMILES string of the molecule is CCNc1ccccc1C(=O)N(C)Cc1ccccn1. The first kappa shape index (κ1) is 14.1. The van der Waals surface area contributed by atoms with Crippen molar-refractivity contribution < 1.29 is 4.79 Å². The fourth-order valence-electron chi connectivity index (χ4n) is 2.03. The number of benzene rings is 1. The number of rotatable bonds is 5. The highest BCUT2D eigenvalue weighted by Gasteiger charge is 2.15. The van der Waals surface area contributed by atoms with Crippen LogP contribution in [0.4, 0.5) is 5.69 Å². The molecular formula is C16H19N3O. The first-order valence-electron chi connectivity index (χ1n) is 6.70. The molecule has 4 nitrogen and oxygen atoms in total. The van der Waals surface area contributed by atoms with Crippen LogP contribution in [0.2, 0.25) is 0 Å². The number of nitrogens with zero attached hydrogens (tertiary/aromatic N) is 2. The summed E-state index contributed by atoms with van der Waals surface area (Å²) in [5.41, 5.74) is 2.44. The van der Waals surface area contributed by atoms with Crippen molar-refractivity contribution in [1.82, 2.24) is 9.88 Å². The van der Waals surface area contributed by atoms with Gasteiger partial charge < -0.3 is 10.2 Å². The van der Waals surface area contributed by atoms with Crippen LogP contribution < -0.4 is 5.32 Å². The van der Waals surface area contributed by atoms with Crippen LogP contribution in [0.5, 0.6) is 0 Å². The number of hydrogen-bond donors (Lipinski definition) is 1. The zero-order valence-electron chi connectivity index (χ0n) is 11.8. The summed E-state index contributed by atoms with van der Waals surface area (Å²) in [5.74, 6) is -0.00722. The molecular weight excluding hydrogens is 250 g/mol. The van der Waals surface area contributed by atoms with Gasteiger partial charge in [-0.15, -0.1) is 0 Å². The van der Waals surface area contributed by atoms with Crippen molar-refractivity contribution in [1.29, 1.82) is 0 Å². The van der Waals surface area contributed by atoms with Gasteiger partial charge >= 0.3 is 0 Å². The maximum Gasteiger partial charge on any atom is 0.256 e. The first-order chi connectivity index (χ1) is 9.72. The van der Waals surface area contributed by atoms with Crippen molar-refractivity contribution in [3.63, 3.8) is 0 Å². The summed E-state index contributed by atoms with van der Waals surface area (Å²) in [6.45, 7) is 3.30. The van der Waals surface area contributed by atoms with Gasteiger partial charge in [-0.25, -0.2) is 0 Å². The van der Waals surface area contributed by atoms with E-state index in [4.69, 9.17) is 0 Å². The normalized spacial score (nSPS) is 10.1. The summed E-state index contributed by atoms with van der Waals surface area (Å²) < 4.78 is 0. The van der Waals surface area contributed by atoms with Crippen molar-refractivity contribution in [3.8, 4) is 0 Å². The summed E-state index contributed by atoms with van der Waals surface area (Å²) in [4.78, 5) is 18.4. The van der Waals surface area contributed by atoms with E-state index in [1.807, 2.05) is 49.4 Å². The molecule has 0 aliphatic rings. The zero-order chi connectivity index (χ0) is 14.4. The van der Waals surface area contributed by atoms with Crippen molar-refractivity contribution in [2.75, 3.05) is 18.9 Å². The lowest BCUT2D eigenvalue weighted by Gasteiger charge is -2.19. The molecule has 0 unspecified atom stereocenters. The average molecular weight is 269 g/mol. The third kappa shape index (κ3) is 3.35. The average Bonchev–Trinajstić information content (AvgIpc) is 2.48. The van der Waals surface area contributed by atoms with E-state index in [9.17, 15) is 4.79 Å². The Morgan fingerprint density at radius 3 is 2.65 bits per heavy atom.